The van der Waals surface area contributed by atoms with Crippen LogP contribution >= 0.6 is 0 Å². The van der Waals surface area contributed by atoms with Gasteiger partial charge in [0, 0.05) is 12.8 Å². The minimum atomic E-state index is -0.690. The summed E-state index contributed by atoms with van der Waals surface area (Å²) in [7, 11) is 0. The largest absolute Gasteiger partial charge is 0.392 e. The van der Waals surface area contributed by atoms with Crippen molar-refractivity contribution >= 4 is 11.6 Å². The molecule has 0 aromatic heterocycles. The van der Waals surface area contributed by atoms with Gasteiger partial charge in [-0.15, -0.1) is 0 Å². The lowest BCUT2D eigenvalue weighted by molar-refractivity contribution is -0.164. The average Bonchev–Trinajstić information content (AvgIpc) is 2.80. The van der Waals surface area contributed by atoms with Gasteiger partial charge in [0.1, 0.15) is 5.78 Å². The number of carbonyl (C=O) groups excluding carboxylic acids is 2. The van der Waals surface area contributed by atoms with Gasteiger partial charge in [-0.2, -0.15) is 0 Å². The van der Waals surface area contributed by atoms with Crippen molar-refractivity contribution in [2.45, 2.75) is 64.6 Å². The van der Waals surface area contributed by atoms with Crippen molar-refractivity contribution in [2.24, 2.45) is 28.6 Å². The van der Waals surface area contributed by atoms with Crippen LogP contribution < -0.4 is 0 Å². The maximum absolute atomic E-state index is 12.4. The van der Waals surface area contributed by atoms with Crippen LogP contribution in [0.25, 0.3) is 0 Å². The molecule has 0 aromatic carbocycles. The number of carbonyl (C=O) groups is 2. The summed E-state index contributed by atoms with van der Waals surface area (Å²) in [5.41, 5.74) is 0.248. The first-order valence-corrected chi connectivity index (χ1v) is 8.92. The molecule has 0 heterocycles. The molecule has 4 nitrogen and oxygen atoms in total. The van der Waals surface area contributed by atoms with Crippen LogP contribution in [0.4, 0.5) is 0 Å². The molecule has 0 unspecified atom stereocenters. The van der Waals surface area contributed by atoms with Crippen molar-refractivity contribution in [2.75, 3.05) is 0 Å². The Bertz CT molecular complexity index is 608. The summed E-state index contributed by atoms with van der Waals surface area (Å²) in [5.74, 6) is 0.593. The van der Waals surface area contributed by atoms with E-state index in [0.717, 1.165) is 18.4 Å². The molecule has 4 aliphatic carbocycles. The normalized spacial score (nSPS) is 52.5. The van der Waals surface area contributed by atoms with Crippen LogP contribution in [0.5, 0.6) is 0 Å². The SMILES string of the molecule is C[C@@]12C(=O)CC[C@H]1[C@@H]1[C@H](O)CC3=CC(=O)CC[C@]3(C)[C@H]1C[C@H]2O. The Morgan fingerprint density at radius 3 is 2.61 bits per heavy atom. The summed E-state index contributed by atoms with van der Waals surface area (Å²) >= 11 is 0. The van der Waals surface area contributed by atoms with Gasteiger partial charge in [-0.3, -0.25) is 9.59 Å². The van der Waals surface area contributed by atoms with E-state index in [0.29, 0.717) is 25.7 Å². The summed E-state index contributed by atoms with van der Waals surface area (Å²) < 4.78 is 0. The molecule has 0 saturated heterocycles. The lowest BCUT2D eigenvalue weighted by Crippen LogP contribution is -2.60. The molecule has 0 amide bonds. The molecule has 4 heteroatoms. The summed E-state index contributed by atoms with van der Waals surface area (Å²) in [6.07, 6.45) is 4.35. The van der Waals surface area contributed by atoms with E-state index >= 15 is 0 Å². The van der Waals surface area contributed by atoms with Gasteiger partial charge in [0.25, 0.3) is 0 Å². The molecule has 0 aromatic rings. The Labute approximate surface area is 137 Å². The van der Waals surface area contributed by atoms with Gasteiger partial charge in [-0.05, 0) is 61.9 Å². The Kier molecular flexibility index (Phi) is 3.21. The summed E-state index contributed by atoms with van der Waals surface area (Å²) in [6, 6.07) is 0. The van der Waals surface area contributed by atoms with Gasteiger partial charge in [0.15, 0.2) is 5.78 Å². The highest BCUT2D eigenvalue weighted by atomic mass is 16.3. The van der Waals surface area contributed by atoms with Crippen molar-refractivity contribution in [3.8, 4) is 0 Å². The Morgan fingerprint density at radius 2 is 1.87 bits per heavy atom. The molecule has 7 atom stereocenters. The predicted molar refractivity (Wildman–Crippen MR) is 84.5 cm³/mol. The summed E-state index contributed by atoms with van der Waals surface area (Å²) in [6.45, 7) is 4.10. The Morgan fingerprint density at radius 1 is 1.13 bits per heavy atom. The van der Waals surface area contributed by atoms with E-state index in [2.05, 4.69) is 6.92 Å². The first-order valence-electron chi connectivity index (χ1n) is 8.92. The number of aliphatic hydroxyl groups excluding tert-OH is 2. The van der Waals surface area contributed by atoms with Crippen LogP contribution in [0.1, 0.15) is 52.4 Å². The predicted octanol–water partition coefficient (Wildman–Crippen LogP) is 2.03. The van der Waals surface area contributed by atoms with Gasteiger partial charge in [-0.1, -0.05) is 12.5 Å². The maximum Gasteiger partial charge on any atom is 0.155 e. The van der Waals surface area contributed by atoms with Crippen molar-refractivity contribution in [1.29, 1.82) is 0 Å². The first-order chi connectivity index (χ1) is 10.8. The minimum Gasteiger partial charge on any atom is -0.392 e. The van der Waals surface area contributed by atoms with Crippen LogP contribution in [0.15, 0.2) is 11.6 Å². The zero-order valence-corrected chi connectivity index (χ0v) is 13.9. The molecule has 23 heavy (non-hydrogen) atoms. The van der Waals surface area contributed by atoms with E-state index in [-0.39, 0.29) is 34.7 Å². The molecular formula is C19H26O4. The number of aliphatic hydroxyl groups is 2. The molecule has 3 fully saturated rings. The molecule has 0 radical (unpaired) electrons. The standard InChI is InChI=1S/C19H26O4/c1-18-6-5-11(20)7-10(18)8-14(21)17-12-3-4-15(22)19(12,2)16(23)9-13(17)18/h7,12-14,16-17,21,23H,3-6,8-9H2,1-2H3/t12-,13-,14+,16+,17-,18-,19-/m0/s1. The van der Waals surface area contributed by atoms with Crippen LogP contribution in [-0.4, -0.2) is 34.0 Å². The molecular weight excluding hydrogens is 292 g/mol. The number of rotatable bonds is 0. The quantitative estimate of drug-likeness (QED) is 0.717. The number of hydrogen-bond donors (Lipinski definition) is 2. The highest BCUT2D eigenvalue weighted by molar-refractivity contribution is 5.92. The van der Waals surface area contributed by atoms with Crippen molar-refractivity contribution in [3.63, 3.8) is 0 Å². The molecule has 0 aliphatic heterocycles. The third-order valence-electron chi connectivity index (χ3n) is 7.80. The van der Waals surface area contributed by atoms with Gasteiger partial charge in [-0.25, -0.2) is 0 Å². The molecule has 0 spiro atoms. The Hall–Kier alpha value is -1.00. The topological polar surface area (TPSA) is 74.6 Å². The molecule has 0 bridgehead atoms. The van der Waals surface area contributed by atoms with Crippen LogP contribution in [0.3, 0.4) is 0 Å². The second kappa shape index (κ2) is 4.76. The monoisotopic (exact) mass is 318 g/mol. The van der Waals surface area contributed by atoms with Crippen molar-refractivity contribution in [3.05, 3.63) is 11.6 Å². The average molecular weight is 318 g/mol. The van der Waals surface area contributed by atoms with E-state index in [4.69, 9.17) is 0 Å². The van der Waals surface area contributed by atoms with Crippen LogP contribution in [0, 0.1) is 28.6 Å². The lowest BCUT2D eigenvalue weighted by atomic mass is 9.46. The number of ketones is 2. The fourth-order valence-electron chi connectivity index (χ4n) is 6.28. The number of Topliss-reactive ketones (excluding diaryl/α,β-unsaturated/α-hetero) is 1. The van der Waals surface area contributed by atoms with Crippen LogP contribution in [0.2, 0.25) is 0 Å². The highest BCUT2D eigenvalue weighted by Crippen LogP contribution is 2.64. The van der Waals surface area contributed by atoms with E-state index in [1.807, 2.05) is 6.92 Å². The minimum absolute atomic E-state index is 0.0604. The smallest absolute Gasteiger partial charge is 0.155 e. The fourth-order valence-corrected chi connectivity index (χ4v) is 6.28. The Balaban J connectivity index is 1.79. The first kappa shape index (κ1) is 15.5. The molecule has 4 rings (SSSR count). The zero-order valence-electron chi connectivity index (χ0n) is 13.9. The third kappa shape index (κ3) is 1.85. The van der Waals surface area contributed by atoms with Crippen molar-refractivity contribution in [1.82, 2.24) is 0 Å². The van der Waals surface area contributed by atoms with E-state index in [9.17, 15) is 19.8 Å². The van der Waals surface area contributed by atoms with Gasteiger partial charge in [0.2, 0.25) is 0 Å². The number of hydrogen-bond acceptors (Lipinski definition) is 4. The van der Waals surface area contributed by atoms with Gasteiger partial charge >= 0.3 is 0 Å². The molecule has 2 N–H and O–H groups in total. The molecule has 126 valence electrons. The third-order valence-corrected chi connectivity index (χ3v) is 7.80. The fraction of sp³-hybridized carbons (Fsp3) is 0.789. The second-order valence-electron chi connectivity index (χ2n) is 8.61. The van der Waals surface area contributed by atoms with Crippen molar-refractivity contribution < 1.29 is 19.8 Å². The summed E-state index contributed by atoms with van der Waals surface area (Å²) in [5, 5.41) is 21.6. The zero-order chi connectivity index (χ0) is 16.6. The maximum atomic E-state index is 12.4. The van der Waals surface area contributed by atoms with Gasteiger partial charge in [0.05, 0.1) is 17.6 Å². The highest BCUT2D eigenvalue weighted by Gasteiger charge is 2.64. The van der Waals surface area contributed by atoms with E-state index in [1.165, 1.54) is 0 Å². The van der Waals surface area contributed by atoms with Crippen LogP contribution in [-0.2, 0) is 9.59 Å². The molecule has 4 aliphatic rings. The second-order valence-corrected chi connectivity index (χ2v) is 8.61. The van der Waals surface area contributed by atoms with E-state index in [1.54, 1.807) is 6.08 Å². The summed E-state index contributed by atoms with van der Waals surface area (Å²) in [4.78, 5) is 24.2. The lowest BCUT2D eigenvalue weighted by Gasteiger charge is -2.59. The van der Waals surface area contributed by atoms with E-state index < -0.39 is 17.6 Å². The molecule has 3 saturated carbocycles. The van der Waals surface area contributed by atoms with Gasteiger partial charge < -0.3 is 10.2 Å². The number of fused-ring (bicyclic) bond motifs is 5.